The van der Waals surface area contributed by atoms with Crippen LogP contribution in [0, 0.1) is 6.92 Å². The molecule has 23 heavy (non-hydrogen) atoms. The fraction of sp³-hybridized carbons (Fsp3) is 0.350. The third kappa shape index (κ3) is 5.22. The molecule has 0 spiro atoms. The number of aryl methyl sites for hydroxylation is 1. The molecule has 0 heterocycles. The maximum absolute atomic E-state index is 12.4. The van der Waals surface area contributed by atoms with E-state index in [2.05, 4.69) is 41.4 Å². The van der Waals surface area contributed by atoms with E-state index in [1.807, 2.05) is 44.4 Å². The summed E-state index contributed by atoms with van der Waals surface area (Å²) in [6.45, 7) is 3.64. The Balaban J connectivity index is 2.15. The van der Waals surface area contributed by atoms with Gasteiger partial charge in [-0.25, -0.2) is 0 Å². The van der Waals surface area contributed by atoms with Crippen molar-refractivity contribution in [3.8, 4) is 0 Å². The maximum atomic E-state index is 12.4. The first-order chi connectivity index (χ1) is 11.1. The average Bonchev–Trinajstić information content (AvgIpc) is 2.54. The number of likely N-dealkylation sites (N-methyl/N-ethyl adjacent to an activating group) is 1. The zero-order chi connectivity index (χ0) is 16.7. The van der Waals surface area contributed by atoms with Crippen molar-refractivity contribution in [3.63, 3.8) is 0 Å². The molecule has 3 nitrogen and oxygen atoms in total. The summed E-state index contributed by atoms with van der Waals surface area (Å²) in [4.78, 5) is 14.4. The second-order valence-corrected chi connectivity index (χ2v) is 6.18. The monoisotopic (exact) mass is 310 g/mol. The highest BCUT2D eigenvalue weighted by molar-refractivity contribution is 5.77. The standard InChI is InChI=1S/C20H26N2O/c1-16-9-7-8-12-18(16)19(17-10-5-4-6-11-17)15-20(23)21-13-14-22(2)3/h4-12,19H,13-15H2,1-3H3,(H,21,23). The molecule has 1 amide bonds. The van der Waals surface area contributed by atoms with Gasteiger partial charge in [-0.1, -0.05) is 54.6 Å². The van der Waals surface area contributed by atoms with Crippen molar-refractivity contribution in [2.75, 3.05) is 27.2 Å². The molecule has 0 saturated heterocycles. The number of carbonyl (C=O) groups excluding carboxylic acids is 1. The zero-order valence-electron chi connectivity index (χ0n) is 14.3. The van der Waals surface area contributed by atoms with E-state index in [-0.39, 0.29) is 11.8 Å². The van der Waals surface area contributed by atoms with Crippen LogP contribution >= 0.6 is 0 Å². The van der Waals surface area contributed by atoms with Gasteiger partial charge < -0.3 is 10.2 Å². The van der Waals surface area contributed by atoms with E-state index in [9.17, 15) is 4.79 Å². The summed E-state index contributed by atoms with van der Waals surface area (Å²) in [5.74, 6) is 0.195. The summed E-state index contributed by atoms with van der Waals surface area (Å²) in [6, 6.07) is 18.6. The molecule has 0 bridgehead atoms. The van der Waals surface area contributed by atoms with Crippen molar-refractivity contribution in [3.05, 3.63) is 71.3 Å². The van der Waals surface area contributed by atoms with Crippen LogP contribution in [0.1, 0.15) is 29.0 Å². The molecule has 3 heteroatoms. The summed E-state index contributed by atoms with van der Waals surface area (Å²) in [7, 11) is 4.01. The molecule has 0 saturated carbocycles. The molecular formula is C20H26N2O. The van der Waals surface area contributed by atoms with E-state index in [0.717, 1.165) is 6.54 Å². The van der Waals surface area contributed by atoms with Crippen molar-refractivity contribution in [1.82, 2.24) is 10.2 Å². The molecule has 0 aliphatic rings. The minimum atomic E-state index is 0.0942. The van der Waals surface area contributed by atoms with Crippen molar-refractivity contribution in [1.29, 1.82) is 0 Å². The van der Waals surface area contributed by atoms with E-state index in [4.69, 9.17) is 0 Å². The molecule has 0 aliphatic carbocycles. The molecule has 0 fully saturated rings. The Morgan fingerprint density at radius 3 is 2.35 bits per heavy atom. The Hall–Kier alpha value is -2.13. The summed E-state index contributed by atoms with van der Waals surface area (Å²) >= 11 is 0. The average molecular weight is 310 g/mol. The molecular weight excluding hydrogens is 284 g/mol. The lowest BCUT2D eigenvalue weighted by Gasteiger charge is -2.20. The number of benzene rings is 2. The fourth-order valence-corrected chi connectivity index (χ4v) is 2.75. The van der Waals surface area contributed by atoms with Gasteiger partial charge in [0.2, 0.25) is 5.91 Å². The van der Waals surface area contributed by atoms with Crippen LogP contribution < -0.4 is 5.32 Å². The molecule has 2 aromatic carbocycles. The number of amides is 1. The largest absolute Gasteiger partial charge is 0.355 e. The SMILES string of the molecule is Cc1ccccc1C(CC(=O)NCCN(C)C)c1ccccc1. The molecule has 122 valence electrons. The normalized spacial score (nSPS) is 12.2. The minimum Gasteiger partial charge on any atom is -0.355 e. The highest BCUT2D eigenvalue weighted by Gasteiger charge is 2.19. The van der Waals surface area contributed by atoms with Crippen LogP contribution in [-0.2, 0) is 4.79 Å². The van der Waals surface area contributed by atoms with Gasteiger partial charge >= 0.3 is 0 Å². The summed E-state index contributed by atoms with van der Waals surface area (Å²) in [5, 5.41) is 3.02. The van der Waals surface area contributed by atoms with Gasteiger partial charge in [-0.3, -0.25) is 4.79 Å². The highest BCUT2D eigenvalue weighted by Crippen LogP contribution is 2.30. The molecule has 1 N–H and O–H groups in total. The van der Waals surface area contributed by atoms with E-state index < -0.39 is 0 Å². The Morgan fingerprint density at radius 1 is 1.04 bits per heavy atom. The van der Waals surface area contributed by atoms with Gasteiger partial charge in [-0.05, 0) is 37.7 Å². The number of nitrogens with zero attached hydrogens (tertiary/aromatic N) is 1. The van der Waals surface area contributed by atoms with Gasteiger partial charge in [0.05, 0.1) is 0 Å². The Kier molecular flexibility index (Phi) is 6.36. The first kappa shape index (κ1) is 17.2. The lowest BCUT2D eigenvalue weighted by molar-refractivity contribution is -0.121. The number of carbonyl (C=O) groups is 1. The smallest absolute Gasteiger partial charge is 0.220 e. The van der Waals surface area contributed by atoms with Crippen molar-refractivity contribution in [2.45, 2.75) is 19.3 Å². The maximum Gasteiger partial charge on any atom is 0.220 e. The van der Waals surface area contributed by atoms with Gasteiger partial charge in [-0.15, -0.1) is 0 Å². The van der Waals surface area contributed by atoms with Gasteiger partial charge in [0.1, 0.15) is 0 Å². The molecule has 1 atom stereocenters. The number of rotatable bonds is 7. The topological polar surface area (TPSA) is 32.3 Å². The Morgan fingerprint density at radius 2 is 1.70 bits per heavy atom. The lowest BCUT2D eigenvalue weighted by atomic mass is 9.86. The summed E-state index contributed by atoms with van der Waals surface area (Å²) in [5.41, 5.74) is 3.63. The molecule has 2 aromatic rings. The molecule has 0 aliphatic heterocycles. The number of nitrogens with one attached hydrogen (secondary N) is 1. The fourth-order valence-electron chi connectivity index (χ4n) is 2.75. The minimum absolute atomic E-state index is 0.0942. The van der Waals surface area contributed by atoms with Crippen LogP contribution in [-0.4, -0.2) is 38.0 Å². The van der Waals surface area contributed by atoms with Crippen LogP contribution in [0.5, 0.6) is 0 Å². The van der Waals surface area contributed by atoms with Crippen LogP contribution in [0.2, 0.25) is 0 Å². The Bertz CT molecular complexity index is 623. The highest BCUT2D eigenvalue weighted by atomic mass is 16.1. The molecule has 2 rings (SSSR count). The van der Waals surface area contributed by atoms with Gasteiger partial charge in [0.15, 0.2) is 0 Å². The first-order valence-electron chi connectivity index (χ1n) is 8.10. The van der Waals surface area contributed by atoms with E-state index >= 15 is 0 Å². The summed E-state index contributed by atoms with van der Waals surface area (Å²) < 4.78 is 0. The van der Waals surface area contributed by atoms with Crippen molar-refractivity contribution < 1.29 is 4.79 Å². The number of hydrogen-bond acceptors (Lipinski definition) is 2. The van der Waals surface area contributed by atoms with Crippen LogP contribution in [0.25, 0.3) is 0 Å². The second-order valence-electron chi connectivity index (χ2n) is 6.18. The quantitative estimate of drug-likeness (QED) is 0.852. The predicted molar refractivity (Wildman–Crippen MR) is 95.6 cm³/mol. The predicted octanol–water partition coefficient (Wildman–Crippen LogP) is 3.19. The zero-order valence-corrected chi connectivity index (χ0v) is 14.3. The summed E-state index contributed by atoms with van der Waals surface area (Å²) in [6.07, 6.45) is 0.474. The molecule has 0 radical (unpaired) electrons. The molecule has 1 unspecified atom stereocenters. The first-order valence-corrected chi connectivity index (χ1v) is 8.10. The second kappa shape index (κ2) is 8.49. The van der Waals surface area contributed by atoms with Crippen LogP contribution in [0.4, 0.5) is 0 Å². The van der Waals surface area contributed by atoms with Gasteiger partial charge in [0.25, 0.3) is 0 Å². The number of hydrogen-bond donors (Lipinski definition) is 1. The van der Waals surface area contributed by atoms with Gasteiger partial charge in [0, 0.05) is 25.4 Å². The van der Waals surface area contributed by atoms with Crippen LogP contribution in [0.15, 0.2) is 54.6 Å². The lowest BCUT2D eigenvalue weighted by Crippen LogP contribution is -2.32. The van der Waals surface area contributed by atoms with Crippen LogP contribution in [0.3, 0.4) is 0 Å². The third-order valence-corrected chi connectivity index (χ3v) is 4.04. The van der Waals surface area contributed by atoms with E-state index in [1.54, 1.807) is 0 Å². The van der Waals surface area contributed by atoms with Crippen molar-refractivity contribution in [2.24, 2.45) is 0 Å². The van der Waals surface area contributed by atoms with Gasteiger partial charge in [-0.2, -0.15) is 0 Å². The van der Waals surface area contributed by atoms with E-state index in [0.29, 0.717) is 13.0 Å². The third-order valence-electron chi connectivity index (χ3n) is 4.04. The van der Waals surface area contributed by atoms with E-state index in [1.165, 1.54) is 16.7 Å². The molecule has 0 aromatic heterocycles. The Labute approximate surface area is 139 Å². The van der Waals surface area contributed by atoms with Crippen molar-refractivity contribution >= 4 is 5.91 Å².